The average molecular weight is 445 g/mol. The van der Waals surface area contributed by atoms with Gasteiger partial charge in [-0.1, -0.05) is 29.3 Å². The van der Waals surface area contributed by atoms with Gasteiger partial charge in [0.1, 0.15) is 17.8 Å². The molecule has 0 spiro atoms. The van der Waals surface area contributed by atoms with Gasteiger partial charge in [0.05, 0.1) is 6.61 Å². The molecular formula is C21H17Cl2F3O3. The van der Waals surface area contributed by atoms with Crippen molar-refractivity contribution in [2.24, 2.45) is 0 Å². The van der Waals surface area contributed by atoms with Crippen molar-refractivity contribution in [3.8, 4) is 5.75 Å². The molecule has 0 fully saturated rings. The van der Waals surface area contributed by atoms with Crippen LogP contribution in [0.25, 0.3) is 5.57 Å². The number of esters is 1. The third-order valence-corrected chi connectivity index (χ3v) is 4.98. The fraction of sp³-hybridized carbons (Fsp3) is 0.286. The number of hydrogen-bond donors (Lipinski definition) is 0. The number of halogens is 5. The largest absolute Gasteiger partial charge is 0.484 e. The van der Waals surface area contributed by atoms with Crippen molar-refractivity contribution < 1.29 is 27.4 Å². The van der Waals surface area contributed by atoms with E-state index >= 15 is 0 Å². The van der Waals surface area contributed by atoms with E-state index in [1.807, 2.05) is 0 Å². The highest BCUT2D eigenvalue weighted by Crippen LogP contribution is 2.54. The monoisotopic (exact) mass is 444 g/mol. The van der Waals surface area contributed by atoms with Gasteiger partial charge in [-0.25, -0.2) is 4.79 Å². The number of carbonyl (C=O) groups is 1. The molecule has 0 amide bonds. The molecule has 29 heavy (non-hydrogen) atoms. The highest BCUT2D eigenvalue weighted by molar-refractivity contribution is 6.34. The molecule has 0 bridgehead atoms. The lowest BCUT2D eigenvalue weighted by Crippen LogP contribution is -2.25. The summed E-state index contributed by atoms with van der Waals surface area (Å²) in [5, 5.41) is 0.448. The molecule has 0 N–H and O–H groups in total. The van der Waals surface area contributed by atoms with E-state index in [1.165, 1.54) is 36.4 Å². The molecule has 0 aromatic heterocycles. The van der Waals surface area contributed by atoms with Gasteiger partial charge in [-0.2, -0.15) is 13.2 Å². The van der Waals surface area contributed by atoms with Gasteiger partial charge in [0, 0.05) is 21.7 Å². The number of rotatable bonds is 4. The molecule has 3 nitrogen and oxygen atoms in total. The van der Waals surface area contributed by atoms with Crippen LogP contribution in [0.1, 0.15) is 42.6 Å². The lowest BCUT2D eigenvalue weighted by atomic mass is 9.89. The van der Waals surface area contributed by atoms with Gasteiger partial charge in [0.15, 0.2) is 0 Å². The maximum atomic E-state index is 14.0. The molecule has 1 heterocycles. The van der Waals surface area contributed by atoms with Gasteiger partial charge in [0.2, 0.25) is 0 Å². The highest BCUT2D eigenvalue weighted by atomic mass is 35.5. The summed E-state index contributed by atoms with van der Waals surface area (Å²) in [6, 6.07) is 8.73. The summed E-state index contributed by atoms with van der Waals surface area (Å²) in [5.41, 5.74) is 1.19. The van der Waals surface area contributed by atoms with Crippen molar-refractivity contribution in [2.45, 2.75) is 32.0 Å². The van der Waals surface area contributed by atoms with Crippen LogP contribution in [0.3, 0.4) is 0 Å². The predicted molar refractivity (Wildman–Crippen MR) is 105 cm³/mol. The maximum absolute atomic E-state index is 14.0. The Morgan fingerprint density at radius 1 is 1.17 bits per heavy atom. The quantitative estimate of drug-likeness (QED) is 0.386. The van der Waals surface area contributed by atoms with Gasteiger partial charge in [0.25, 0.3) is 0 Å². The minimum absolute atomic E-state index is 0.00675. The van der Waals surface area contributed by atoms with Gasteiger partial charge in [-0.15, -0.1) is 0 Å². The van der Waals surface area contributed by atoms with E-state index in [2.05, 4.69) is 0 Å². The number of fused-ring (bicyclic) bond motifs is 1. The zero-order valence-electron chi connectivity index (χ0n) is 15.5. The van der Waals surface area contributed by atoms with E-state index < -0.39 is 24.2 Å². The van der Waals surface area contributed by atoms with Crippen molar-refractivity contribution in [1.29, 1.82) is 0 Å². The van der Waals surface area contributed by atoms with Crippen LogP contribution < -0.4 is 4.74 Å². The molecule has 0 saturated heterocycles. The summed E-state index contributed by atoms with van der Waals surface area (Å²) >= 11 is 11.9. The van der Waals surface area contributed by atoms with Crippen LogP contribution >= 0.6 is 23.2 Å². The van der Waals surface area contributed by atoms with Crippen LogP contribution in [0.4, 0.5) is 13.2 Å². The van der Waals surface area contributed by atoms with Crippen LogP contribution in [-0.2, 0) is 9.53 Å². The van der Waals surface area contributed by atoms with Crippen LogP contribution in [-0.4, -0.2) is 18.8 Å². The molecule has 8 heteroatoms. The molecule has 2 atom stereocenters. The fourth-order valence-electron chi connectivity index (χ4n) is 3.30. The molecule has 3 rings (SSSR count). The Labute approximate surface area is 176 Å². The average Bonchev–Trinajstić information content (AvgIpc) is 3.00. The minimum Gasteiger partial charge on any atom is -0.484 e. The third kappa shape index (κ3) is 4.70. The molecule has 1 aliphatic heterocycles. The molecule has 2 unspecified atom stereocenters. The number of hydrogen-bond acceptors (Lipinski definition) is 3. The summed E-state index contributed by atoms with van der Waals surface area (Å²) in [5.74, 6) is -2.33. The van der Waals surface area contributed by atoms with Crippen LogP contribution in [0.15, 0.2) is 42.5 Å². The lowest BCUT2D eigenvalue weighted by Gasteiger charge is -2.22. The molecule has 2 aromatic carbocycles. The van der Waals surface area contributed by atoms with E-state index in [0.29, 0.717) is 11.1 Å². The summed E-state index contributed by atoms with van der Waals surface area (Å²) in [7, 11) is 0. The Bertz CT molecular complexity index is 950. The van der Waals surface area contributed by atoms with Crippen LogP contribution in [0.5, 0.6) is 5.75 Å². The molecule has 0 saturated carbocycles. The normalized spacial score (nSPS) is 18.9. The van der Waals surface area contributed by atoms with Gasteiger partial charge in [-0.05, 0) is 60.9 Å². The minimum atomic E-state index is -4.57. The first kappa shape index (κ1) is 21.5. The molecule has 0 aliphatic carbocycles. The molecule has 2 aromatic rings. The second kappa shape index (κ2) is 8.28. The highest BCUT2D eigenvalue weighted by Gasteiger charge is 2.52. The number of alkyl halides is 3. The first-order chi connectivity index (χ1) is 13.6. The Hall–Kier alpha value is -2.18. The third-order valence-electron chi connectivity index (χ3n) is 4.54. The van der Waals surface area contributed by atoms with E-state index in [1.54, 1.807) is 19.9 Å². The Balaban J connectivity index is 2.04. The zero-order valence-corrected chi connectivity index (χ0v) is 17.0. The Morgan fingerprint density at radius 3 is 2.41 bits per heavy atom. The number of allylic oxidation sites excluding steroid dienone is 1. The lowest BCUT2D eigenvalue weighted by molar-refractivity contribution is -0.163. The first-order valence-corrected chi connectivity index (χ1v) is 9.54. The second-order valence-corrected chi connectivity index (χ2v) is 7.47. The van der Waals surface area contributed by atoms with E-state index in [9.17, 15) is 18.0 Å². The van der Waals surface area contributed by atoms with Gasteiger partial charge in [-0.3, -0.25) is 0 Å². The van der Waals surface area contributed by atoms with Crippen molar-refractivity contribution in [3.63, 3.8) is 0 Å². The second-order valence-electron chi connectivity index (χ2n) is 6.59. The van der Waals surface area contributed by atoms with E-state index in [-0.39, 0.29) is 33.5 Å². The predicted octanol–water partition coefficient (Wildman–Crippen LogP) is 6.74. The van der Waals surface area contributed by atoms with E-state index in [0.717, 1.165) is 0 Å². The molecule has 0 radical (unpaired) electrons. The summed E-state index contributed by atoms with van der Waals surface area (Å²) in [6.45, 7) is 3.51. The first-order valence-electron chi connectivity index (χ1n) is 8.79. The molecule has 1 aliphatic rings. The standard InChI is InChI=1S/C21H17Cl2F3O3/c1-3-28-18(27)6-11(2)12-4-5-17-16(9-12)19(21(24,25)26)20(29-17)13-7-14(22)10-15(23)8-13/h4-10,19-20H,3H2,1-2H3. The number of benzene rings is 2. The topological polar surface area (TPSA) is 35.5 Å². The number of ether oxygens (including phenoxy) is 2. The fourth-order valence-corrected chi connectivity index (χ4v) is 3.85. The van der Waals surface area contributed by atoms with Crippen molar-refractivity contribution in [3.05, 3.63) is 69.2 Å². The summed E-state index contributed by atoms with van der Waals surface area (Å²) in [6.07, 6.45) is -4.63. The SMILES string of the molecule is CCOC(=O)C=C(C)c1ccc2c(c1)C(C(F)(F)F)C(c1cc(Cl)cc(Cl)c1)O2. The van der Waals surface area contributed by atoms with Crippen LogP contribution in [0, 0.1) is 0 Å². The zero-order chi connectivity index (χ0) is 21.3. The number of carbonyl (C=O) groups excluding carboxylic acids is 1. The van der Waals surface area contributed by atoms with E-state index in [4.69, 9.17) is 32.7 Å². The Morgan fingerprint density at radius 2 is 1.83 bits per heavy atom. The van der Waals surface area contributed by atoms with Crippen molar-refractivity contribution >= 4 is 34.7 Å². The van der Waals surface area contributed by atoms with Crippen molar-refractivity contribution in [1.82, 2.24) is 0 Å². The Kier molecular flexibility index (Phi) is 6.15. The summed E-state index contributed by atoms with van der Waals surface area (Å²) < 4.78 is 52.5. The van der Waals surface area contributed by atoms with Gasteiger partial charge < -0.3 is 9.47 Å². The maximum Gasteiger partial charge on any atom is 0.399 e. The summed E-state index contributed by atoms with van der Waals surface area (Å²) in [4.78, 5) is 11.7. The molecular weight excluding hydrogens is 428 g/mol. The van der Waals surface area contributed by atoms with Gasteiger partial charge >= 0.3 is 12.1 Å². The van der Waals surface area contributed by atoms with Crippen molar-refractivity contribution in [2.75, 3.05) is 6.61 Å². The molecule has 154 valence electrons. The van der Waals surface area contributed by atoms with Crippen LogP contribution in [0.2, 0.25) is 10.0 Å². The smallest absolute Gasteiger partial charge is 0.399 e.